The van der Waals surface area contributed by atoms with E-state index in [2.05, 4.69) is 0 Å². The van der Waals surface area contributed by atoms with Crippen LogP contribution in [0.5, 0.6) is 0 Å². The smallest absolute Gasteiger partial charge is 0.321 e. The zero-order valence-electron chi connectivity index (χ0n) is 17.1. The van der Waals surface area contributed by atoms with Crippen molar-refractivity contribution in [3.8, 4) is 0 Å². The number of ketones is 2. The highest BCUT2D eigenvalue weighted by atomic mass is 31.2. The summed E-state index contributed by atoms with van der Waals surface area (Å²) < 4.78 is 23.7. The van der Waals surface area contributed by atoms with Crippen LogP contribution >= 0.6 is 15.2 Å². The molecular formula is C22H20O8P2. The molecular weight excluding hydrogens is 454 g/mol. The third-order valence-electron chi connectivity index (χ3n) is 4.90. The summed E-state index contributed by atoms with van der Waals surface area (Å²) >= 11 is 0. The molecule has 10 heteroatoms. The van der Waals surface area contributed by atoms with Crippen LogP contribution in [0.25, 0.3) is 0 Å². The third kappa shape index (κ3) is 5.03. The van der Waals surface area contributed by atoms with Crippen molar-refractivity contribution in [2.45, 2.75) is 13.8 Å². The maximum absolute atomic E-state index is 13.0. The summed E-state index contributed by atoms with van der Waals surface area (Å²) in [7, 11) is -9.62. The predicted octanol–water partition coefficient (Wildman–Crippen LogP) is 2.37. The fourth-order valence-electron chi connectivity index (χ4n) is 3.23. The first-order chi connectivity index (χ1) is 14.8. The lowest BCUT2D eigenvalue weighted by Crippen LogP contribution is -2.20. The Bertz CT molecular complexity index is 1330. The van der Waals surface area contributed by atoms with Gasteiger partial charge in [-0.15, -0.1) is 0 Å². The van der Waals surface area contributed by atoms with Gasteiger partial charge in [-0.2, -0.15) is 0 Å². The molecule has 4 N–H and O–H groups in total. The number of aryl methyl sites for hydroxylation is 2. The number of benzene rings is 3. The second kappa shape index (κ2) is 8.68. The molecule has 0 aliphatic rings. The van der Waals surface area contributed by atoms with Crippen LogP contribution in [-0.4, -0.2) is 31.1 Å². The highest BCUT2D eigenvalue weighted by Crippen LogP contribution is 2.37. The SMILES string of the molecule is Cc1ccc(C)c(C(=O)c2ccc(C(=O)c3cccc(P(=O)(O)O)c3)c(P(=O)(O)O)c2)c1. The van der Waals surface area contributed by atoms with Crippen LogP contribution in [0.2, 0.25) is 0 Å². The van der Waals surface area contributed by atoms with Crippen LogP contribution in [0.4, 0.5) is 0 Å². The van der Waals surface area contributed by atoms with Gasteiger partial charge in [-0.3, -0.25) is 18.7 Å². The Morgan fingerprint density at radius 1 is 0.688 bits per heavy atom. The molecule has 0 bridgehead atoms. The zero-order chi connectivity index (χ0) is 23.8. The van der Waals surface area contributed by atoms with Crippen molar-refractivity contribution in [1.82, 2.24) is 0 Å². The molecule has 32 heavy (non-hydrogen) atoms. The molecule has 0 saturated carbocycles. The molecule has 0 saturated heterocycles. The summed E-state index contributed by atoms with van der Waals surface area (Å²) in [5, 5.41) is -1.04. The quantitative estimate of drug-likeness (QED) is 0.314. The molecule has 0 unspecified atom stereocenters. The first-order valence-corrected chi connectivity index (χ1v) is 12.5. The molecule has 3 aromatic rings. The van der Waals surface area contributed by atoms with Crippen LogP contribution in [-0.2, 0) is 9.13 Å². The number of carbonyl (C=O) groups excluding carboxylic acids is 2. The maximum Gasteiger partial charge on any atom is 0.356 e. The Morgan fingerprint density at radius 2 is 1.31 bits per heavy atom. The molecule has 166 valence electrons. The Balaban J connectivity index is 2.12. The molecule has 0 aliphatic heterocycles. The summed E-state index contributed by atoms with van der Waals surface area (Å²) in [5.41, 5.74) is 1.37. The molecule has 0 aromatic heterocycles. The van der Waals surface area contributed by atoms with Crippen molar-refractivity contribution in [2.75, 3.05) is 0 Å². The van der Waals surface area contributed by atoms with Crippen molar-refractivity contribution >= 4 is 37.4 Å². The van der Waals surface area contributed by atoms with Gasteiger partial charge in [-0.1, -0.05) is 35.9 Å². The van der Waals surface area contributed by atoms with Crippen LogP contribution < -0.4 is 10.6 Å². The maximum atomic E-state index is 13.0. The first kappa shape index (κ1) is 24.0. The lowest BCUT2D eigenvalue weighted by molar-refractivity contribution is 0.102. The van der Waals surface area contributed by atoms with Gasteiger partial charge < -0.3 is 19.6 Å². The Morgan fingerprint density at radius 3 is 1.94 bits per heavy atom. The summed E-state index contributed by atoms with van der Waals surface area (Å²) in [5.74, 6) is -1.30. The predicted molar refractivity (Wildman–Crippen MR) is 119 cm³/mol. The van der Waals surface area contributed by atoms with Crippen LogP contribution in [0.1, 0.15) is 43.0 Å². The molecule has 0 atom stereocenters. The van der Waals surface area contributed by atoms with Crippen molar-refractivity contribution in [1.29, 1.82) is 0 Å². The van der Waals surface area contributed by atoms with Crippen molar-refractivity contribution in [2.24, 2.45) is 0 Å². The lowest BCUT2D eigenvalue weighted by atomic mass is 9.95. The first-order valence-electron chi connectivity index (χ1n) is 9.32. The summed E-state index contributed by atoms with van der Waals surface area (Å²) in [6, 6.07) is 13.3. The van der Waals surface area contributed by atoms with Crippen LogP contribution in [0.3, 0.4) is 0 Å². The van der Waals surface area contributed by atoms with Gasteiger partial charge in [0.2, 0.25) is 0 Å². The molecule has 0 radical (unpaired) electrons. The molecule has 0 aliphatic carbocycles. The second-order valence-electron chi connectivity index (χ2n) is 7.35. The molecule has 0 fully saturated rings. The highest BCUT2D eigenvalue weighted by Gasteiger charge is 2.28. The van der Waals surface area contributed by atoms with Crippen molar-refractivity contribution < 1.29 is 38.3 Å². The fraction of sp³-hybridized carbons (Fsp3) is 0.0909. The van der Waals surface area contributed by atoms with E-state index in [4.69, 9.17) is 0 Å². The Labute approximate surface area is 183 Å². The zero-order valence-corrected chi connectivity index (χ0v) is 18.9. The third-order valence-corrected chi connectivity index (χ3v) is 6.85. The van der Waals surface area contributed by atoms with E-state index in [0.29, 0.717) is 11.1 Å². The molecule has 0 heterocycles. The van der Waals surface area contributed by atoms with Crippen molar-refractivity contribution in [3.05, 3.63) is 94.0 Å². The van der Waals surface area contributed by atoms with Gasteiger partial charge in [0.05, 0.1) is 10.6 Å². The minimum Gasteiger partial charge on any atom is -0.321 e. The van der Waals surface area contributed by atoms with E-state index in [1.807, 2.05) is 13.0 Å². The van der Waals surface area contributed by atoms with E-state index in [-0.39, 0.29) is 16.7 Å². The minimum atomic E-state index is -4.98. The second-order valence-corrected chi connectivity index (χ2v) is 10.5. The fourth-order valence-corrected chi connectivity index (χ4v) is 4.61. The monoisotopic (exact) mass is 474 g/mol. The van der Waals surface area contributed by atoms with Crippen LogP contribution in [0.15, 0.2) is 60.7 Å². The Kier molecular flexibility index (Phi) is 6.50. The average Bonchev–Trinajstić information content (AvgIpc) is 2.73. The standard InChI is InChI=1S/C22H20O8P2/c1-13-6-7-14(2)19(10-13)22(24)16-8-9-18(20(12-16)32(28,29)30)21(23)15-4-3-5-17(11-15)31(25,26)27/h3-12H,1-2H3,(H2,25,26,27)(H2,28,29,30). The minimum absolute atomic E-state index is 0.00227. The highest BCUT2D eigenvalue weighted by molar-refractivity contribution is 7.60. The van der Waals surface area contributed by atoms with E-state index in [1.54, 1.807) is 19.1 Å². The normalized spacial score (nSPS) is 11.9. The number of hydrogen-bond acceptors (Lipinski definition) is 4. The average molecular weight is 474 g/mol. The topological polar surface area (TPSA) is 149 Å². The molecule has 3 rings (SSSR count). The number of hydrogen-bond donors (Lipinski definition) is 4. The van der Waals surface area contributed by atoms with Gasteiger partial charge >= 0.3 is 15.2 Å². The van der Waals surface area contributed by atoms with Gasteiger partial charge in [0.25, 0.3) is 0 Å². The summed E-state index contributed by atoms with van der Waals surface area (Å²) in [4.78, 5) is 64.3. The van der Waals surface area contributed by atoms with E-state index in [9.17, 15) is 38.3 Å². The van der Waals surface area contributed by atoms with Gasteiger partial charge in [-0.25, -0.2) is 0 Å². The number of rotatable bonds is 6. The van der Waals surface area contributed by atoms with E-state index in [1.165, 1.54) is 18.2 Å². The largest absolute Gasteiger partial charge is 0.356 e. The van der Waals surface area contributed by atoms with E-state index in [0.717, 1.165) is 29.8 Å². The van der Waals surface area contributed by atoms with Gasteiger partial charge in [0, 0.05) is 22.3 Å². The van der Waals surface area contributed by atoms with Crippen LogP contribution in [0, 0.1) is 13.8 Å². The van der Waals surface area contributed by atoms with Crippen molar-refractivity contribution in [3.63, 3.8) is 0 Å². The van der Waals surface area contributed by atoms with Gasteiger partial charge in [-0.05, 0) is 49.7 Å². The summed E-state index contributed by atoms with van der Waals surface area (Å²) in [6.07, 6.45) is 0. The van der Waals surface area contributed by atoms with E-state index < -0.39 is 37.4 Å². The molecule has 3 aromatic carbocycles. The van der Waals surface area contributed by atoms with E-state index >= 15 is 0 Å². The Hall–Kier alpha value is -2.70. The lowest BCUT2D eigenvalue weighted by Gasteiger charge is -2.14. The van der Waals surface area contributed by atoms with Gasteiger partial charge in [0.1, 0.15) is 0 Å². The molecule has 0 spiro atoms. The molecule has 8 nitrogen and oxygen atoms in total. The van der Waals surface area contributed by atoms with Gasteiger partial charge in [0.15, 0.2) is 11.6 Å². The number of carbonyl (C=O) groups is 2. The summed E-state index contributed by atoms with van der Waals surface area (Å²) in [6.45, 7) is 3.55. The molecule has 0 amide bonds.